The summed E-state index contributed by atoms with van der Waals surface area (Å²) in [5, 5.41) is 2.57. The lowest BCUT2D eigenvalue weighted by molar-refractivity contribution is 0.0949. The predicted molar refractivity (Wildman–Crippen MR) is 124 cm³/mol. The third-order valence-corrected chi connectivity index (χ3v) is 6.66. The van der Waals surface area contributed by atoms with Crippen LogP contribution in [0.4, 0.5) is 4.39 Å². The molecular formula is C22H22ClFN4O2S. The van der Waals surface area contributed by atoms with Crippen molar-refractivity contribution in [3.8, 4) is 0 Å². The molecule has 0 saturated carbocycles. The lowest BCUT2D eigenvalue weighted by atomic mass is 10.1. The molecule has 4 aromatic rings. The van der Waals surface area contributed by atoms with Gasteiger partial charge in [-0.2, -0.15) is 0 Å². The first-order chi connectivity index (χ1) is 15.0. The molecule has 4 rings (SSSR count). The van der Waals surface area contributed by atoms with E-state index in [9.17, 15) is 14.0 Å². The fraction of sp³-hybridized carbons (Fsp3) is 0.318. The van der Waals surface area contributed by atoms with Crippen LogP contribution in [0.2, 0.25) is 5.15 Å². The van der Waals surface area contributed by atoms with Crippen molar-refractivity contribution in [1.82, 2.24) is 19.6 Å². The smallest absolute Gasteiger partial charge is 0.258 e. The highest BCUT2D eigenvalue weighted by atomic mass is 35.5. The van der Waals surface area contributed by atoms with Gasteiger partial charge in [-0.1, -0.05) is 37.6 Å². The second-order valence-corrected chi connectivity index (χ2v) is 8.63. The van der Waals surface area contributed by atoms with E-state index in [-0.39, 0.29) is 21.7 Å². The highest BCUT2D eigenvalue weighted by molar-refractivity contribution is 7.24. The molecule has 0 aliphatic rings. The number of fused-ring (bicyclic) bond motifs is 5. The van der Waals surface area contributed by atoms with Crippen molar-refractivity contribution in [3.05, 3.63) is 57.1 Å². The van der Waals surface area contributed by atoms with E-state index in [1.807, 2.05) is 24.3 Å². The molecule has 9 heteroatoms. The monoisotopic (exact) mass is 460 g/mol. The Morgan fingerprint density at radius 2 is 2.06 bits per heavy atom. The van der Waals surface area contributed by atoms with Crippen molar-refractivity contribution in [2.45, 2.75) is 20.3 Å². The number of halogens is 2. The zero-order chi connectivity index (χ0) is 22.1. The standard InChI is InChI=1S/C22H22ClFN4O2S/c1-3-10-27(4-2)11-9-25-21(30)17-18(29)13-12-14(24)19(23)26-20(13)28-15-7-5-6-8-16(15)31-22(17)28/h5-8,12H,3-4,9-11H2,1-2H3,(H,25,30). The van der Waals surface area contributed by atoms with Gasteiger partial charge in [0.15, 0.2) is 16.6 Å². The molecular weight excluding hydrogens is 439 g/mol. The van der Waals surface area contributed by atoms with E-state index >= 15 is 0 Å². The van der Waals surface area contributed by atoms with Gasteiger partial charge < -0.3 is 10.2 Å². The zero-order valence-electron chi connectivity index (χ0n) is 17.2. The van der Waals surface area contributed by atoms with Crippen molar-refractivity contribution in [2.75, 3.05) is 26.2 Å². The quantitative estimate of drug-likeness (QED) is 0.417. The number of nitrogens with one attached hydrogen (secondary N) is 1. The highest BCUT2D eigenvalue weighted by Crippen LogP contribution is 2.31. The Hall–Kier alpha value is -2.55. The van der Waals surface area contributed by atoms with E-state index < -0.39 is 17.2 Å². The van der Waals surface area contributed by atoms with E-state index in [1.165, 1.54) is 11.3 Å². The zero-order valence-corrected chi connectivity index (χ0v) is 18.8. The van der Waals surface area contributed by atoms with Crippen LogP contribution >= 0.6 is 22.9 Å². The molecule has 0 fully saturated rings. The number of hydrogen-bond acceptors (Lipinski definition) is 5. The molecule has 3 heterocycles. The van der Waals surface area contributed by atoms with Crippen molar-refractivity contribution >= 4 is 54.9 Å². The van der Waals surface area contributed by atoms with Crippen molar-refractivity contribution in [2.24, 2.45) is 0 Å². The van der Waals surface area contributed by atoms with Gasteiger partial charge in [0.1, 0.15) is 10.4 Å². The Morgan fingerprint density at radius 1 is 1.29 bits per heavy atom. The predicted octanol–water partition coefficient (Wildman–Crippen LogP) is 4.32. The van der Waals surface area contributed by atoms with E-state index in [1.54, 1.807) is 4.40 Å². The number of likely N-dealkylation sites (N-methyl/N-ethyl adjacent to an activating group) is 1. The lowest BCUT2D eigenvalue weighted by Gasteiger charge is -2.19. The molecule has 0 saturated heterocycles. The van der Waals surface area contributed by atoms with Gasteiger partial charge in [-0.3, -0.25) is 14.0 Å². The van der Waals surface area contributed by atoms with Crippen LogP contribution in [-0.4, -0.2) is 46.4 Å². The van der Waals surface area contributed by atoms with E-state index in [2.05, 4.69) is 29.0 Å². The largest absolute Gasteiger partial charge is 0.351 e. The van der Waals surface area contributed by atoms with Crippen LogP contribution in [0.5, 0.6) is 0 Å². The summed E-state index contributed by atoms with van der Waals surface area (Å²) in [6.07, 6.45) is 1.03. The molecule has 1 aromatic carbocycles. The first kappa shape index (κ1) is 21.7. The van der Waals surface area contributed by atoms with E-state index in [0.29, 0.717) is 17.9 Å². The Balaban J connectivity index is 1.86. The number of benzene rings is 1. The molecule has 0 unspecified atom stereocenters. The number of hydrogen-bond donors (Lipinski definition) is 1. The minimum absolute atomic E-state index is 0.00392. The molecule has 6 nitrogen and oxygen atoms in total. The number of para-hydroxylation sites is 1. The summed E-state index contributed by atoms with van der Waals surface area (Å²) in [5.41, 5.74) is 0.455. The average Bonchev–Trinajstić information content (AvgIpc) is 3.13. The fourth-order valence-corrected chi connectivity index (χ4v) is 5.06. The number of rotatable bonds is 7. The third-order valence-electron chi connectivity index (χ3n) is 5.25. The summed E-state index contributed by atoms with van der Waals surface area (Å²) in [7, 11) is 0. The number of carbonyl (C=O) groups excluding carboxylic acids is 1. The number of amides is 1. The van der Waals surface area contributed by atoms with Crippen LogP contribution < -0.4 is 10.7 Å². The van der Waals surface area contributed by atoms with Gasteiger partial charge in [0, 0.05) is 13.1 Å². The van der Waals surface area contributed by atoms with Gasteiger partial charge in [0.05, 0.1) is 15.6 Å². The van der Waals surface area contributed by atoms with Crippen LogP contribution in [-0.2, 0) is 0 Å². The molecule has 162 valence electrons. The molecule has 0 spiro atoms. The molecule has 0 aliphatic heterocycles. The molecule has 0 bridgehead atoms. The molecule has 1 amide bonds. The first-order valence-corrected chi connectivity index (χ1v) is 11.4. The van der Waals surface area contributed by atoms with Crippen LogP contribution in [0, 0.1) is 5.82 Å². The average molecular weight is 461 g/mol. The molecule has 31 heavy (non-hydrogen) atoms. The minimum atomic E-state index is -0.796. The number of aromatic nitrogens is 2. The van der Waals surface area contributed by atoms with Crippen molar-refractivity contribution in [3.63, 3.8) is 0 Å². The second kappa shape index (κ2) is 8.90. The molecule has 1 N–H and O–H groups in total. The van der Waals surface area contributed by atoms with Gasteiger partial charge in [-0.05, 0) is 37.7 Å². The van der Waals surface area contributed by atoms with Crippen LogP contribution in [0.15, 0.2) is 35.1 Å². The SMILES string of the molecule is CCCN(CC)CCNC(=O)c1c(=O)c2cc(F)c(Cl)nc2n2c1sc1ccccc12. The lowest BCUT2D eigenvalue weighted by Crippen LogP contribution is -2.37. The van der Waals surface area contributed by atoms with Crippen molar-refractivity contribution < 1.29 is 9.18 Å². The van der Waals surface area contributed by atoms with Gasteiger partial charge in [0.2, 0.25) is 5.43 Å². The number of carbonyl (C=O) groups is 1. The minimum Gasteiger partial charge on any atom is -0.351 e. The Bertz CT molecular complexity index is 1350. The number of thiazole rings is 1. The van der Waals surface area contributed by atoms with E-state index in [4.69, 9.17) is 11.6 Å². The highest BCUT2D eigenvalue weighted by Gasteiger charge is 2.23. The second-order valence-electron chi connectivity index (χ2n) is 7.24. The first-order valence-electron chi connectivity index (χ1n) is 10.2. The van der Waals surface area contributed by atoms with E-state index in [0.717, 1.165) is 35.8 Å². The fourth-order valence-electron chi connectivity index (χ4n) is 3.75. The maximum atomic E-state index is 14.2. The summed E-state index contributed by atoms with van der Waals surface area (Å²) >= 11 is 7.24. The summed E-state index contributed by atoms with van der Waals surface area (Å²) in [5.74, 6) is -1.27. The summed E-state index contributed by atoms with van der Waals surface area (Å²) in [4.78, 5) is 33.2. The maximum absolute atomic E-state index is 14.2. The summed E-state index contributed by atoms with van der Waals surface area (Å²) < 4.78 is 16.8. The van der Waals surface area contributed by atoms with Gasteiger partial charge in [0.25, 0.3) is 5.91 Å². The molecule has 0 aliphatic carbocycles. The topological polar surface area (TPSA) is 66.7 Å². The van der Waals surface area contributed by atoms with Crippen LogP contribution in [0.3, 0.4) is 0 Å². The molecule has 3 aromatic heterocycles. The normalized spacial score (nSPS) is 11.8. The van der Waals surface area contributed by atoms with Gasteiger partial charge in [-0.25, -0.2) is 9.37 Å². The van der Waals surface area contributed by atoms with Gasteiger partial charge in [-0.15, -0.1) is 11.3 Å². The van der Waals surface area contributed by atoms with Crippen LogP contribution in [0.1, 0.15) is 30.6 Å². The van der Waals surface area contributed by atoms with Crippen molar-refractivity contribution in [1.29, 1.82) is 0 Å². The number of pyridine rings is 2. The third kappa shape index (κ3) is 3.91. The molecule has 0 atom stereocenters. The molecule has 0 radical (unpaired) electrons. The summed E-state index contributed by atoms with van der Waals surface area (Å²) in [6.45, 7) is 7.10. The van der Waals surface area contributed by atoms with Gasteiger partial charge >= 0.3 is 0 Å². The Kier molecular flexibility index (Phi) is 6.22. The summed E-state index contributed by atoms with van der Waals surface area (Å²) in [6, 6.07) is 8.57. The number of nitrogens with zero attached hydrogens (tertiary/aromatic N) is 3. The van der Waals surface area contributed by atoms with Crippen LogP contribution in [0.25, 0.3) is 26.1 Å². The Morgan fingerprint density at radius 3 is 2.81 bits per heavy atom. The maximum Gasteiger partial charge on any atom is 0.258 e. The Labute approximate surface area is 187 Å².